The molecule has 5 nitrogen and oxygen atoms in total. The zero-order valence-corrected chi connectivity index (χ0v) is 36.3. The van der Waals surface area contributed by atoms with Crippen LogP contribution < -0.4 is 4.74 Å². The normalized spacial score (nSPS) is 16.2. The average molecular weight is 733 g/mol. The number of ether oxygens (including phenoxy) is 1. The average Bonchev–Trinajstić information content (AvgIpc) is 3.08. The van der Waals surface area contributed by atoms with E-state index in [0.29, 0.717) is 12.4 Å². The topological polar surface area (TPSA) is 87.0 Å². The first kappa shape index (κ1) is 50.2. The van der Waals surface area contributed by atoms with Crippen LogP contribution in [0.25, 0.3) is 0 Å². The highest BCUT2D eigenvalue weighted by molar-refractivity contribution is 5.63. The fourth-order valence-electron chi connectivity index (χ4n) is 7.58. The van der Waals surface area contributed by atoms with Gasteiger partial charge >= 0.3 is 0 Å². The number of fused-ring (bicyclic) bond motifs is 1. The summed E-state index contributed by atoms with van der Waals surface area (Å²) in [5.74, 6) is 3.20. The van der Waals surface area contributed by atoms with Gasteiger partial charge in [-0.15, -0.1) is 0 Å². The lowest BCUT2D eigenvalue weighted by molar-refractivity contribution is -0.134. The molecule has 2 rings (SSSR count). The molecule has 3 N–H and O–H groups in total. The van der Waals surface area contributed by atoms with Crippen LogP contribution in [0.2, 0.25) is 0 Å². The van der Waals surface area contributed by atoms with Crippen LogP contribution in [-0.2, 0) is 11.2 Å². The molecule has 306 valence electrons. The Kier molecular flexibility index (Phi) is 29.5. The van der Waals surface area contributed by atoms with Crippen molar-refractivity contribution < 1.29 is 24.9 Å². The van der Waals surface area contributed by atoms with Gasteiger partial charge in [-0.2, -0.15) is 0 Å². The van der Waals surface area contributed by atoms with Crippen LogP contribution in [0.15, 0.2) is 0 Å². The van der Waals surface area contributed by atoms with Gasteiger partial charge < -0.3 is 20.1 Å². The standard InChI is InChI=1S/C29H50O2.C16H34O.C2H4O2/c1-20(2)12-9-13-21(3)14-10-15-22(4)16-11-18-29(8)19-17-26-25(7)27(30)23(5)24(6)28(26)31-29;1-2-3-4-5-6-7-8-9-10-11-12-13-14-15-16-17;1-2(3)4/h20-22,30H,9-19H2,1-8H3;17H,2-16H2,1H3;1H3,(H,3,4)/t21?,22?,29-;;/m1../s1. The first-order chi connectivity index (χ1) is 24.7. The molecule has 5 heteroatoms. The molecule has 0 radical (unpaired) electrons. The number of benzene rings is 1. The minimum absolute atomic E-state index is 0.0712. The van der Waals surface area contributed by atoms with Gasteiger partial charge in [-0.1, -0.05) is 163 Å². The number of carbonyl (C=O) groups is 1. The lowest BCUT2D eigenvalue weighted by Gasteiger charge is -2.38. The number of carboxylic acids is 1. The minimum atomic E-state index is -0.833. The number of aliphatic carboxylic acids is 1. The Hall–Kier alpha value is -1.75. The second-order valence-corrected chi connectivity index (χ2v) is 17.3. The van der Waals surface area contributed by atoms with Gasteiger partial charge in [-0.3, -0.25) is 4.79 Å². The maximum absolute atomic E-state index is 10.4. The Balaban J connectivity index is 0.00000104. The van der Waals surface area contributed by atoms with E-state index < -0.39 is 5.97 Å². The van der Waals surface area contributed by atoms with Crippen LogP contribution >= 0.6 is 0 Å². The van der Waals surface area contributed by atoms with E-state index in [1.165, 1.54) is 140 Å². The van der Waals surface area contributed by atoms with Gasteiger partial charge in [0.2, 0.25) is 0 Å². The SMILES string of the molecule is CC(=O)O.CCCCCCCCCCCCCCCCO.Cc1c(C)c2c(c(C)c1O)CC[C@@](C)(CCCC(C)CCCC(C)CCCC(C)C)O2. The number of hydrogen-bond acceptors (Lipinski definition) is 4. The fraction of sp³-hybridized carbons (Fsp3) is 0.851. The molecule has 1 aliphatic heterocycles. The molecule has 0 saturated carbocycles. The van der Waals surface area contributed by atoms with E-state index in [4.69, 9.17) is 19.7 Å². The summed E-state index contributed by atoms with van der Waals surface area (Å²) in [6.45, 7) is 21.7. The number of rotatable bonds is 26. The number of carboxylic acid groups (broad SMARTS) is 1. The summed E-state index contributed by atoms with van der Waals surface area (Å²) in [4.78, 5) is 9.00. The van der Waals surface area contributed by atoms with E-state index in [2.05, 4.69) is 48.5 Å². The molecule has 0 saturated heterocycles. The van der Waals surface area contributed by atoms with Crippen molar-refractivity contribution in [3.63, 3.8) is 0 Å². The number of phenolic OH excluding ortho intramolecular Hbond substituents is 1. The third-order valence-electron chi connectivity index (χ3n) is 11.4. The first-order valence-corrected chi connectivity index (χ1v) is 22.0. The zero-order chi connectivity index (χ0) is 39.4. The van der Waals surface area contributed by atoms with E-state index in [-0.39, 0.29) is 5.60 Å². The lowest BCUT2D eigenvalue weighted by Crippen LogP contribution is -2.37. The number of unbranched alkanes of at least 4 members (excludes halogenated alkanes) is 13. The minimum Gasteiger partial charge on any atom is -0.507 e. The van der Waals surface area contributed by atoms with Crippen molar-refractivity contribution in [2.24, 2.45) is 17.8 Å². The Morgan fingerprint density at radius 3 is 1.54 bits per heavy atom. The highest BCUT2D eigenvalue weighted by Gasteiger charge is 2.34. The maximum Gasteiger partial charge on any atom is 0.300 e. The highest BCUT2D eigenvalue weighted by atomic mass is 16.5. The van der Waals surface area contributed by atoms with Gasteiger partial charge in [0, 0.05) is 19.1 Å². The molecule has 2 unspecified atom stereocenters. The largest absolute Gasteiger partial charge is 0.507 e. The maximum atomic E-state index is 10.4. The van der Waals surface area contributed by atoms with E-state index in [0.717, 1.165) is 72.8 Å². The summed E-state index contributed by atoms with van der Waals surface area (Å²) < 4.78 is 6.60. The molecule has 0 amide bonds. The first-order valence-electron chi connectivity index (χ1n) is 22.0. The molecular weight excluding hydrogens is 645 g/mol. The van der Waals surface area contributed by atoms with E-state index in [1.807, 2.05) is 13.8 Å². The Labute approximate surface area is 323 Å². The summed E-state index contributed by atoms with van der Waals surface area (Å²) in [5, 5.41) is 26.4. The number of phenols is 1. The van der Waals surface area contributed by atoms with Crippen molar-refractivity contribution in [2.45, 2.75) is 235 Å². The molecule has 3 atom stereocenters. The quantitative estimate of drug-likeness (QED) is 0.0826. The predicted octanol–water partition coefficient (Wildman–Crippen LogP) is 14.4. The van der Waals surface area contributed by atoms with Crippen LogP contribution in [0, 0.1) is 38.5 Å². The number of aromatic hydroxyl groups is 1. The van der Waals surface area contributed by atoms with Crippen LogP contribution in [0.3, 0.4) is 0 Å². The third kappa shape index (κ3) is 24.5. The molecule has 1 heterocycles. The molecular formula is C47H88O5. The van der Waals surface area contributed by atoms with Crippen molar-refractivity contribution >= 4 is 5.97 Å². The van der Waals surface area contributed by atoms with Crippen LogP contribution in [0.4, 0.5) is 0 Å². The van der Waals surface area contributed by atoms with Gasteiger partial charge in [0.05, 0.1) is 0 Å². The van der Waals surface area contributed by atoms with Crippen molar-refractivity contribution in [3.05, 3.63) is 22.3 Å². The summed E-state index contributed by atoms with van der Waals surface area (Å²) in [7, 11) is 0. The summed E-state index contributed by atoms with van der Waals surface area (Å²) in [5.41, 5.74) is 4.23. The monoisotopic (exact) mass is 733 g/mol. The Bertz CT molecular complexity index is 1020. The van der Waals surface area contributed by atoms with Gasteiger partial charge in [0.25, 0.3) is 5.97 Å². The summed E-state index contributed by atoms with van der Waals surface area (Å²) in [6, 6.07) is 0. The van der Waals surface area contributed by atoms with Gasteiger partial charge in [-0.25, -0.2) is 0 Å². The molecule has 1 aromatic carbocycles. The molecule has 1 aromatic rings. The summed E-state index contributed by atoms with van der Waals surface area (Å²) >= 11 is 0. The molecule has 52 heavy (non-hydrogen) atoms. The number of aliphatic hydroxyl groups is 1. The molecule has 0 fully saturated rings. The highest BCUT2D eigenvalue weighted by Crippen LogP contribution is 2.44. The van der Waals surface area contributed by atoms with E-state index in [9.17, 15) is 5.11 Å². The third-order valence-corrected chi connectivity index (χ3v) is 11.4. The van der Waals surface area contributed by atoms with Gasteiger partial charge in [-0.05, 0) is 94.2 Å². The second-order valence-electron chi connectivity index (χ2n) is 17.3. The number of hydrogen-bond donors (Lipinski definition) is 3. The summed E-state index contributed by atoms with van der Waals surface area (Å²) in [6.07, 6.45) is 33.3. The second kappa shape index (κ2) is 30.6. The smallest absolute Gasteiger partial charge is 0.300 e. The van der Waals surface area contributed by atoms with Crippen molar-refractivity contribution in [2.75, 3.05) is 6.61 Å². The zero-order valence-electron chi connectivity index (χ0n) is 36.3. The van der Waals surface area contributed by atoms with Gasteiger partial charge in [0.1, 0.15) is 17.1 Å². The lowest BCUT2D eigenvalue weighted by atomic mass is 9.84. The fourth-order valence-corrected chi connectivity index (χ4v) is 7.58. The molecule has 1 aliphatic rings. The predicted molar refractivity (Wildman–Crippen MR) is 225 cm³/mol. The Morgan fingerprint density at radius 1 is 0.673 bits per heavy atom. The molecule has 0 aliphatic carbocycles. The van der Waals surface area contributed by atoms with Gasteiger partial charge in [0.15, 0.2) is 0 Å². The molecule has 0 spiro atoms. The van der Waals surface area contributed by atoms with Crippen LogP contribution in [0.1, 0.15) is 225 Å². The van der Waals surface area contributed by atoms with E-state index >= 15 is 0 Å². The molecule has 0 aromatic heterocycles. The van der Waals surface area contributed by atoms with E-state index in [1.54, 1.807) is 0 Å². The van der Waals surface area contributed by atoms with Crippen molar-refractivity contribution in [1.29, 1.82) is 0 Å². The van der Waals surface area contributed by atoms with Crippen molar-refractivity contribution in [3.8, 4) is 11.5 Å². The Morgan fingerprint density at radius 2 is 1.10 bits per heavy atom. The molecule has 0 bridgehead atoms. The van der Waals surface area contributed by atoms with Crippen LogP contribution in [-0.4, -0.2) is 33.5 Å². The van der Waals surface area contributed by atoms with Crippen molar-refractivity contribution in [1.82, 2.24) is 0 Å². The number of aliphatic hydroxyl groups excluding tert-OH is 1. The van der Waals surface area contributed by atoms with Crippen LogP contribution in [0.5, 0.6) is 11.5 Å².